The molecule has 0 spiro atoms. The molecule has 3 nitrogen and oxygen atoms in total. The third kappa shape index (κ3) is 2.75. The molecule has 0 aliphatic heterocycles. The summed E-state index contributed by atoms with van der Waals surface area (Å²) in [6.45, 7) is 4.61. The molecule has 16 heavy (non-hydrogen) atoms. The molecule has 1 rings (SSSR count). The maximum absolute atomic E-state index is 12.0. The number of sulfone groups is 1. The Morgan fingerprint density at radius 3 is 2.06 bits per heavy atom. The van der Waals surface area contributed by atoms with Crippen molar-refractivity contribution in [3.05, 3.63) is 29.8 Å². The van der Waals surface area contributed by atoms with E-state index in [9.17, 15) is 13.5 Å². The fourth-order valence-electron chi connectivity index (χ4n) is 1.23. The van der Waals surface area contributed by atoms with Gasteiger partial charge in [-0.3, -0.25) is 0 Å². The van der Waals surface area contributed by atoms with Gasteiger partial charge in [0, 0.05) is 0 Å². The van der Waals surface area contributed by atoms with Crippen LogP contribution in [0.1, 0.15) is 19.4 Å². The molecule has 1 N–H and O–H groups in total. The molecule has 90 valence electrons. The average molecular weight is 263 g/mol. The van der Waals surface area contributed by atoms with Gasteiger partial charge in [0.05, 0.1) is 10.5 Å². The van der Waals surface area contributed by atoms with Gasteiger partial charge in [0.1, 0.15) is 0 Å². The number of alkyl halides is 1. The topological polar surface area (TPSA) is 54.4 Å². The van der Waals surface area contributed by atoms with Crippen LogP contribution in [0.4, 0.5) is 0 Å². The van der Waals surface area contributed by atoms with E-state index < -0.39 is 20.1 Å². The van der Waals surface area contributed by atoms with Crippen molar-refractivity contribution in [3.8, 4) is 0 Å². The fourth-order valence-corrected chi connectivity index (χ4v) is 3.05. The first-order chi connectivity index (χ1) is 7.15. The van der Waals surface area contributed by atoms with Gasteiger partial charge in [-0.25, -0.2) is 8.42 Å². The van der Waals surface area contributed by atoms with Crippen LogP contribution in [-0.2, 0) is 9.84 Å². The highest BCUT2D eigenvalue weighted by Gasteiger charge is 2.37. The van der Waals surface area contributed by atoms with Crippen LogP contribution in [0.2, 0.25) is 0 Å². The van der Waals surface area contributed by atoms with Crippen LogP contribution < -0.4 is 0 Å². The molecule has 0 fully saturated rings. The van der Waals surface area contributed by atoms with Crippen LogP contribution in [0, 0.1) is 6.92 Å². The lowest BCUT2D eigenvalue weighted by molar-refractivity contribution is 0.0946. The molecular formula is C11H15ClO3S. The normalized spacial score (nSPS) is 14.8. The molecule has 0 aliphatic rings. The van der Waals surface area contributed by atoms with E-state index in [1.807, 2.05) is 6.92 Å². The van der Waals surface area contributed by atoms with Crippen LogP contribution in [0.3, 0.4) is 0 Å². The number of rotatable bonds is 3. The second kappa shape index (κ2) is 4.35. The zero-order valence-electron chi connectivity index (χ0n) is 9.44. The van der Waals surface area contributed by atoms with Crippen molar-refractivity contribution in [2.45, 2.75) is 36.0 Å². The van der Waals surface area contributed by atoms with E-state index >= 15 is 0 Å². The van der Waals surface area contributed by atoms with Crippen molar-refractivity contribution in [2.24, 2.45) is 0 Å². The van der Waals surface area contributed by atoms with Crippen LogP contribution in [0.15, 0.2) is 29.2 Å². The molecule has 1 unspecified atom stereocenters. The molecule has 0 aromatic heterocycles. The monoisotopic (exact) mass is 262 g/mol. The van der Waals surface area contributed by atoms with Gasteiger partial charge < -0.3 is 5.11 Å². The Morgan fingerprint density at radius 2 is 1.69 bits per heavy atom. The lowest BCUT2D eigenvalue weighted by atomic mass is 10.2. The highest BCUT2D eigenvalue weighted by Crippen LogP contribution is 2.27. The summed E-state index contributed by atoms with van der Waals surface area (Å²) in [5.74, 6) is 0. The number of halogens is 1. The number of aliphatic hydroxyl groups is 1. The summed E-state index contributed by atoms with van der Waals surface area (Å²) >= 11 is 5.78. The second-order valence-corrected chi connectivity index (χ2v) is 7.06. The van der Waals surface area contributed by atoms with E-state index in [0.717, 1.165) is 5.56 Å². The molecule has 0 saturated carbocycles. The van der Waals surface area contributed by atoms with Gasteiger partial charge in [-0.15, -0.1) is 11.6 Å². The predicted molar refractivity (Wildman–Crippen MR) is 64.3 cm³/mol. The van der Waals surface area contributed by atoms with Crippen molar-refractivity contribution in [3.63, 3.8) is 0 Å². The molecule has 5 heteroatoms. The largest absolute Gasteiger partial charge is 0.388 e. The minimum atomic E-state index is -3.70. The fraction of sp³-hybridized carbons (Fsp3) is 0.455. The van der Waals surface area contributed by atoms with Gasteiger partial charge >= 0.3 is 0 Å². The Labute approximate surface area is 101 Å². The average Bonchev–Trinajstić information content (AvgIpc) is 2.16. The molecule has 0 bridgehead atoms. The Bertz CT molecular complexity index is 457. The first kappa shape index (κ1) is 13.5. The first-order valence-electron chi connectivity index (χ1n) is 4.83. The Hall–Kier alpha value is -0.580. The van der Waals surface area contributed by atoms with Crippen molar-refractivity contribution >= 4 is 21.4 Å². The van der Waals surface area contributed by atoms with Crippen LogP contribution >= 0.6 is 11.6 Å². The number of aryl methyl sites for hydroxylation is 1. The van der Waals surface area contributed by atoms with Crippen molar-refractivity contribution in [1.29, 1.82) is 0 Å². The quantitative estimate of drug-likeness (QED) is 0.849. The summed E-state index contributed by atoms with van der Waals surface area (Å²) in [6, 6.07) is 6.37. The van der Waals surface area contributed by atoms with E-state index in [4.69, 9.17) is 11.6 Å². The zero-order chi connectivity index (χ0) is 12.6. The second-order valence-electron chi connectivity index (χ2n) is 4.33. The molecule has 0 heterocycles. The van der Waals surface area contributed by atoms with Crippen molar-refractivity contribution in [2.75, 3.05) is 0 Å². The van der Waals surface area contributed by atoms with Crippen LogP contribution in [-0.4, -0.2) is 23.8 Å². The molecule has 0 saturated heterocycles. The minimum Gasteiger partial charge on any atom is -0.388 e. The number of hydrogen-bond donors (Lipinski definition) is 1. The van der Waals surface area contributed by atoms with E-state index in [-0.39, 0.29) is 4.90 Å². The standard InChI is InChI=1S/C11H15ClO3S/c1-8-4-6-9(7-5-8)16(14,15)10(12)11(2,3)13/h4-7,10,13H,1-3H3. The van der Waals surface area contributed by atoms with E-state index in [1.165, 1.54) is 26.0 Å². The Balaban J connectivity index is 3.17. The smallest absolute Gasteiger partial charge is 0.197 e. The minimum absolute atomic E-state index is 0.125. The maximum Gasteiger partial charge on any atom is 0.197 e. The van der Waals surface area contributed by atoms with E-state index in [2.05, 4.69) is 0 Å². The van der Waals surface area contributed by atoms with Crippen molar-refractivity contribution in [1.82, 2.24) is 0 Å². The zero-order valence-corrected chi connectivity index (χ0v) is 11.0. The maximum atomic E-state index is 12.0. The lowest BCUT2D eigenvalue weighted by Gasteiger charge is -2.23. The van der Waals surface area contributed by atoms with Crippen LogP contribution in [0.5, 0.6) is 0 Å². The van der Waals surface area contributed by atoms with Crippen molar-refractivity contribution < 1.29 is 13.5 Å². The number of benzene rings is 1. The molecule has 1 atom stereocenters. The Morgan fingerprint density at radius 1 is 1.25 bits per heavy atom. The molecule has 1 aromatic rings. The molecular weight excluding hydrogens is 248 g/mol. The third-order valence-corrected chi connectivity index (χ3v) is 5.47. The molecule has 0 radical (unpaired) electrons. The number of hydrogen-bond acceptors (Lipinski definition) is 3. The highest BCUT2D eigenvalue weighted by molar-refractivity contribution is 7.93. The molecule has 0 aliphatic carbocycles. The summed E-state index contributed by atoms with van der Waals surface area (Å²) < 4.78 is 22.6. The SMILES string of the molecule is Cc1ccc(S(=O)(=O)C(Cl)C(C)(C)O)cc1. The third-order valence-electron chi connectivity index (χ3n) is 2.18. The summed E-state index contributed by atoms with van der Waals surface area (Å²) in [6.07, 6.45) is 0. The van der Waals surface area contributed by atoms with Gasteiger partial charge in [-0.2, -0.15) is 0 Å². The predicted octanol–water partition coefficient (Wildman–Crippen LogP) is 2.10. The van der Waals surface area contributed by atoms with Crippen LogP contribution in [0.25, 0.3) is 0 Å². The Kier molecular flexibility index (Phi) is 3.67. The molecule has 0 amide bonds. The summed E-state index contributed by atoms with van der Waals surface area (Å²) in [5.41, 5.74) is -0.515. The van der Waals surface area contributed by atoms with Gasteiger partial charge in [-0.05, 0) is 32.9 Å². The highest BCUT2D eigenvalue weighted by atomic mass is 35.5. The first-order valence-corrected chi connectivity index (χ1v) is 6.81. The van der Waals surface area contributed by atoms with Gasteiger partial charge in [-0.1, -0.05) is 17.7 Å². The summed E-state index contributed by atoms with van der Waals surface area (Å²) in [5, 5.41) is 9.63. The van der Waals surface area contributed by atoms with Gasteiger partial charge in [0.25, 0.3) is 0 Å². The lowest BCUT2D eigenvalue weighted by Crippen LogP contribution is -2.37. The molecule has 1 aromatic carbocycles. The van der Waals surface area contributed by atoms with Gasteiger partial charge in [0.15, 0.2) is 14.5 Å². The van der Waals surface area contributed by atoms with E-state index in [0.29, 0.717) is 0 Å². The summed E-state index contributed by atoms with van der Waals surface area (Å²) in [7, 11) is -3.70. The van der Waals surface area contributed by atoms with E-state index in [1.54, 1.807) is 12.1 Å². The van der Waals surface area contributed by atoms with Gasteiger partial charge in [0.2, 0.25) is 0 Å². The summed E-state index contributed by atoms with van der Waals surface area (Å²) in [4.78, 5) is 0.125.